The second-order valence-electron chi connectivity index (χ2n) is 5.07. The first-order chi connectivity index (χ1) is 10.2. The highest BCUT2D eigenvalue weighted by Crippen LogP contribution is 2.26. The molecule has 22 heavy (non-hydrogen) atoms. The van der Waals surface area contributed by atoms with E-state index < -0.39 is 15.9 Å². The number of aryl methyl sites for hydroxylation is 2. The van der Waals surface area contributed by atoms with Crippen LogP contribution in [0.15, 0.2) is 39.6 Å². The fourth-order valence-electron chi connectivity index (χ4n) is 2.36. The van der Waals surface area contributed by atoms with Gasteiger partial charge in [0.2, 0.25) is 10.0 Å². The van der Waals surface area contributed by atoms with Crippen molar-refractivity contribution < 1.29 is 17.6 Å². The average molecular weight is 322 g/mol. The zero-order valence-electron chi connectivity index (χ0n) is 12.6. The smallest absolute Gasteiger partial charge is 0.256 e. The number of primary sulfonamides is 1. The van der Waals surface area contributed by atoms with Crippen LogP contribution in [0.5, 0.6) is 0 Å². The van der Waals surface area contributed by atoms with Crippen LogP contribution in [-0.2, 0) is 10.0 Å². The maximum atomic E-state index is 12.4. The van der Waals surface area contributed by atoms with Gasteiger partial charge in [0.05, 0.1) is 6.04 Å². The molecule has 118 valence electrons. The highest BCUT2D eigenvalue weighted by atomic mass is 32.2. The molecule has 1 atom stereocenters. The van der Waals surface area contributed by atoms with Crippen LogP contribution >= 0.6 is 0 Å². The van der Waals surface area contributed by atoms with Gasteiger partial charge in [-0.15, -0.1) is 0 Å². The predicted octanol–water partition coefficient (Wildman–Crippen LogP) is 2.03. The van der Waals surface area contributed by atoms with Crippen molar-refractivity contribution in [2.45, 2.75) is 31.7 Å². The molecular formula is C15H18N2O4S. The zero-order chi connectivity index (χ0) is 16.5. The maximum absolute atomic E-state index is 12.4. The van der Waals surface area contributed by atoms with Gasteiger partial charge in [-0.25, -0.2) is 13.6 Å². The molecule has 0 spiro atoms. The number of carbonyl (C=O) groups is 1. The summed E-state index contributed by atoms with van der Waals surface area (Å²) in [4.78, 5) is 12.2. The molecule has 0 unspecified atom stereocenters. The topological polar surface area (TPSA) is 102 Å². The van der Waals surface area contributed by atoms with Gasteiger partial charge in [-0.3, -0.25) is 4.79 Å². The number of hydrogen-bond acceptors (Lipinski definition) is 4. The molecule has 3 N–H and O–H groups in total. The number of amides is 1. The summed E-state index contributed by atoms with van der Waals surface area (Å²) >= 11 is 0. The second-order valence-corrected chi connectivity index (χ2v) is 6.57. The Morgan fingerprint density at radius 1 is 1.18 bits per heavy atom. The van der Waals surface area contributed by atoms with Crippen LogP contribution in [0.1, 0.15) is 40.4 Å². The summed E-state index contributed by atoms with van der Waals surface area (Å²) < 4.78 is 28.6. The second kappa shape index (κ2) is 5.94. The van der Waals surface area contributed by atoms with Gasteiger partial charge in [0.25, 0.3) is 5.91 Å². The highest BCUT2D eigenvalue weighted by molar-refractivity contribution is 7.89. The lowest BCUT2D eigenvalue weighted by Gasteiger charge is -2.14. The standard InChI is InChI=1S/C15H18N2O4S/c1-9(12-7-5-4-6-8-12)17-15(18)13-10(2)21-11(3)14(13)22(16,19)20/h4-9H,1-3H3,(H,17,18)(H2,16,19,20)/t9-/m0/s1. The first-order valence-electron chi connectivity index (χ1n) is 6.70. The summed E-state index contributed by atoms with van der Waals surface area (Å²) in [5.74, 6) is -0.202. The summed E-state index contributed by atoms with van der Waals surface area (Å²) in [6.07, 6.45) is 0. The number of hydrogen-bond donors (Lipinski definition) is 2. The molecule has 0 aliphatic heterocycles. The third kappa shape index (κ3) is 3.20. The van der Waals surface area contributed by atoms with Gasteiger partial charge in [0.1, 0.15) is 22.0 Å². The summed E-state index contributed by atoms with van der Waals surface area (Å²) in [6.45, 7) is 4.81. The van der Waals surface area contributed by atoms with Gasteiger partial charge < -0.3 is 9.73 Å². The molecule has 0 saturated carbocycles. The summed E-state index contributed by atoms with van der Waals surface area (Å²) in [6, 6.07) is 9.07. The molecule has 1 aromatic heterocycles. The zero-order valence-corrected chi connectivity index (χ0v) is 13.4. The van der Waals surface area contributed by atoms with Gasteiger partial charge in [0.15, 0.2) is 0 Å². The lowest BCUT2D eigenvalue weighted by atomic mass is 10.1. The highest BCUT2D eigenvalue weighted by Gasteiger charge is 2.29. The fourth-order valence-corrected chi connectivity index (χ4v) is 3.33. The van der Waals surface area contributed by atoms with Crippen molar-refractivity contribution in [2.75, 3.05) is 0 Å². The minimum Gasteiger partial charge on any atom is -0.464 e. The van der Waals surface area contributed by atoms with E-state index in [-0.39, 0.29) is 28.0 Å². The molecule has 0 radical (unpaired) electrons. The molecule has 2 aromatic rings. The van der Waals surface area contributed by atoms with E-state index >= 15 is 0 Å². The van der Waals surface area contributed by atoms with E-state index in [9.17, 15) is 13.2 Å². The quantitative estimate of drug-likeness (QED) is 0.899. The Bertz CT molecular complexity index is 794. The van der Waals surface area contributed by atoms with Gasteiger partial charge in [0, 0.05) is 0 Å². The van der Waals surface area contributed by atoms with Crippen molar-refractivity contribution in [1.29, 1.82) is 0 Å². The van der Waals surface area contributed by atoms with Crippen LogP contribution in [0.4, 0.5) is 0 Å². The summed E-state index contributed by atoms with van der Waals surface area (Å²) in [5.41, 5.74) is 0.869. The lowest BCUT2D eigenvalue weighted by molar-refractivity contribution is 0.0935. The molecule has 0 aliphatic rings. The Morgan fingerprint density at radius 2 is 1.77 bits per heavy atom. The lowest BCUT2D eigenvalue weighted by Crippen LogP contribution is -2.29. The number of furan rings is 1. The molecule has 0 fully saturated rings. The van der Waals surface area contributed by atoms with Gasteiger partial charge in [-0.05, 0) is 26.3 Å². The van der Waals surface area contributed by atoms with Crippen molar-refractivity contribution in [1.82, 2.24) is 5.32 Å². The Kier molecular flexibility index (Phi) is 4.39. The van der Waals surface area contributed by atoms with Crippen molar-refractivity contribution >= 4 is 15.9 Å². The molecule has 1 heterocycles. The van der Waals surface area contributed by atoms with Crippen LogP contribution in [-0.4, -0.2) is 14.3 Å². The van der Waals surface area contributed by atoms with Crippen LogP contribution < -0.4 is 10.5 Å². The Balaban J connectivity index is 2.35. The van der Waals surface area contributed by atoms with Crippen LogP contribution in [0.2, 0.25) is 0 Å². The largest absolute Gasteiger partial charge is 0.464 e. The SMILES string of the molecule is Cc1oc(C)c(S(N)(=O)=O)c1C(=O)N[C@@H](C)c1ccccc1. The van der Waals surface area contributed by atoms with E-state index in [2.05, 4.69) is 5.32 Å². The van der Waals surface area contributed by atoms with E-state index in [0.29, 0.717) is 0 Å². The van der Waals surface area contributed by atoms with Crippen LogP contribution in [0, 0.1) is 13.8 Å². The van der Waals surface area contributed by atoms with Crippen molar-refractivity contribution in [3.05, 3.63) is 53.0 Å². The minimum atomic E-state index is -4.04. The number of carbonyl (C=O) groups excluding carboxylic acids is 1. The molecule has 1 aromatic carbocycles. The first kappa shape index (κ1) is 16.3. The molecule has 0 bridgehead atoms. The van der Waals surface area contributed by atoms with E-state index in [4.69, 9.17) is 9.56 Å². The molecule has 1 amide bonds. The number of sulfonamides is 1. The van der Waals surface area contributed by atoms with E-state index in [1.54, 1.807) is 0 Å². The molecule has 0 aliphatic carbocycles. The number of rotatable bonds is 4. The van der Waals surface area contributed by atoms with Crippen molar-refractivity contribution in [3.63, 3.8) is 0 Å². The monoisotopic (exact) mass is 322 g/mol. The number of nitrogens with two attached hydrogens (primary N) is 1. The van der Waals surface area contributed by atoms with Crippen LogP contribution in [0.3, 0.4) is 0 Å². The summed E-state index contributed by atoms with van der Waals surface area (Å²) in [7, 11) is -4.04. The third-order valence-corrected chi connectivity index (χ3v) is 4.42. The van der Waals surface area contributed by atoms with Crippen molar-refractivity contribution in [3.8, 4) is 0 Å². The molecular weight excluding hydrogens is 304 g/mol. The molecule has 2 rings (SSSR count). The Morgan fingerprint density at radius 3 is 2.32 bits per heavy atom. The fraction of sp³-hybridized carbons (Fsp3) is 0.267. The van der Waals surface area contributed by atoms with Gasteiger partial charge in [-0.1, -0.05) is 30.3 Å². The number of nitrogens with one attached hydrogen (secondary N) is 1. The third-order valence-electron chi connectivity index (χ3n) is 3.36. The van der Waals surface area contributed by atoms with Crippen LogP contribution in [0.25, 0.3) is 0 Å². The van der Waals surface area contributed by atoms with E-state index in [0.717, 1.165) is 5.56 Å². The first-order valence-corrected chi connectivity index (χ1v) is 8.25. The molecule has 0 saturated heterocycles. The Hall–Kier alpha value is -2.12. The number of benzene rings is 1. The predicted molar refractivity (Wildman–Crippen MR) is 81.9 cm³/mol. The van der Waals surface area contributed by atoms with Gasteiger partial charge >= 0.3 is 0 Å². The van der Waals surface area contributed by atoms with Crippen molar-refractivity contribution in [2.24, 2.45) is 5.14 Å². The Labute approximate surface area is 129 Å². The molecule has 7 heteroatoms. The van der Waals surface area contributed by atoms with E-state index in [1.807, 2.05) is 37.3 Å². The minimum absolute atomic E-state index is 0.0391. The maximum Gasteiger partial charge on any atom is 0.256 e. The van der Waals surface area contributed by atoms with Gasteiger partial charge in [-0.2, -0.15) is 0 Å². The molecule has 6 nitrogen and oxygen atoms in total. The normalized spacial score (nSPS) is 12.9. The summed E-state index contributed by atoms with van der Waals surface area (Å²) in [5, 5.41) is 7.94. The average Bonchev–Trinajstić information content (AvgIpc) is 2.74. The van der Waals surface area contributed by atoms with E-state index in [1.165, 1.54) is 13.8 Å².